The number of nitrogens with zero attached hydrogens (tertiary/aromatic N) is 3. The largest absolute Gasteiger partial charge is 0.335 e. The van der Waals surface area contributed by atoms with Crippen molar-refractivity contribution in [3.05, 3.63) is 30.2 Å². The normalized spacial score (nSPS) is 23.2. The van der Waals surface area contributed by atoms with E-state index in [1.807, 2.05) is 35.7 Å². The highest BCUT2D eigenvalue weighted by Gasteiger charge is 2.21. The highest BCUT2D eigenvalue weighted by molar-refractivity contribution is 5.74. The molecule has 3 rings (SSSR count). The van der Waals surface area contributed by atoms with Crippen molar-refractivity contribution in [2.75, 3.05) is 0 Å². The average Bonchev–Trinajstić information content (AvgIpc) is 2.93. The van der Waals surface area contributed by atoms with E-state index in [0.29, 0.717) is 6.04 Å². The summed E-state index contributed by atoms with van der Waals surface area (Å²) in [6.07, 6.45) is 6.42. The Labute approximate surface area is 130 Å². The SMILES string of the molecule is CC1CCC(NC(=O)N[C@H](C)c2nnc3ccccn23)CC1. The number of pyridine rings is 1. The average molecular weight is 301 g/mol. The minimum Gasteiger partial charge on any atom is -0.335 e. The van der Waals surface area contributed by atoms with Crippen LogP contribution in [0.3, 0.4) is 0 Å². The molecule has 1 saturated carbocycles. The van der Waals surface area contributed by atoms with Gasteiger partial charge in [-0.1, -0.05) is 13.0 Å². The molecule has 2 N–H and O–H groups in total. The van der Waals surface area contributed by atoms with Gasteiger partial charge in [0.1, 0.15) is 0 Å². The lowest BCUT2D eigenvalue weighted by atomic mass is 9.87. The van der Waals surface area contributed by atoms with Gasteiger partial charge in [0, 0.05) is 12.2 Å². The van der Waals surface area contributed by atoms with Gasteiger partial charge in [0.05, 0.1) is 6.04 Å². The van der Waals surface area contributed by atoms with Crippen LogP contribution in [0.1, 0.15) is 51.4 Å². The number of nitrogens with one attached hydrogen (secondary N) is 2. The number of fused-ring (bicyclic) bond motifs is 1. The Balaban J connectivity index is 1.59. The third-order valence-corrected chi connectivity index (χ3v) is 4.43. The lowest BCUT2D eigenvalue weighted by Crippen LogP contribution is -2.44. The van der Waals surface area contributed by atoms with E-state index >= 15 is 0 Å². The molecule has 2 aromatic rings. The number of urea groups is 1. The second kappa shape index (κ2) is 6.34. The number of hydrogen-bond donors (Lipinski definition) is 2. The lowest BCUT2D eigenvalue weighted by Gasteiger charge is -2.27. The van der Waals surface area contributed by atoms with E-state index in [2.05, 4.69) is 27.8 Å². The third-order valence-electron chi connectivity index (χ3n) is 4.43. The van der Waals surface area contributed by atoms with Crippen molar-refractivity contribution in [2.24, 2.45) is 5.92 Å². The highest BCUT2D eigenvalue weighted by Crippen LogP contribution is 2.23. The monoisotopic (exact) mass is 301 g/mol. The van der Waals surface area contributed by atoms with Gasteiger partial charge in [-0.25, -0.2) is 4.79 Å². The molecule has 22 heavy (non-hydrogen) atoms. The highest BCUT2D eigenvalue weighted by atomic mass is 16.2. The van der Waals surface area contributed by atoms with E-state index in [-0.39, 0.29) is 12.1 Å². The Morgan fingerprint density at radius 3 is 2.82 bits per heavy atom. The van der Waals surface area contributed by atoms with Gasteiger partial charge in [0.25, 0.3) is 0 Å². The van der Waals surface area contributed by atoms with E-state index in [1.165, 1.54) is 12.8 Å². The standard InChI is InChI=1S/C16H23N5O/c1-11-6-8-13(9-7-11)18-16(22)17-12(2)15-20-19-14-5-3-4-10-21(14)15/h3-5,10-13H,6-9H2,1-2H3,(H2,17,18,22)/t11?,12-,13?/m1/s1. The summed E-state index contributed by atoms with van der Waals surface area (Å²) in [6.45, 7) is 4.20. The lowest BCUT2D eigenvalue weighted by molar-refractivity contribution is 0.225. The quantitative estimate of drug-likeness (QED) is 0.915. The number of carbonyl (C=O) groups is 1. The third kappa shape index (κ3) is 3.21. The Morgan fingerprint density at radius 2 is 2.05 bits per heavy atom. The van der Waals surface area contributed by atoms with Crippen LogP contribution in [0.5, 0.6) is 0 Å². The zero-order valence-corrected chi connectivity index (χ0v) is 13.1. The molecule has 0 radical (unpaired) electrons. The zero-order chi connectivity index (χ0) is 15.5. The summed E-state index contributed by atoms with van der Waals surface area (Å²) < 4.78 is 1.90. The molecule has 1 atom stereocenters. The maximum atomic E-state index is 12.2. The van der Waals surface area contributed by atoms with Crippen LogP contribution in [-0.2, 0) is 0 Å². The van der Waals surface area contributed by atoms with Crippen LogP contribution in [-0.4, -0.2) is 26.7 Å². The molecule has 1 aliphatic rings. The Kier molecular flexibility index (Phi) is 4.27. The van der Waals surface area contributed by atoms with Crippen molar-refractivity contribution < 1.29 is 4.79 Å². The van der Waals surface area contributed by atoms with Gasteiger partial charge in [-0.3, -0.25) is 4.40 Å². The minimum absolute atomic E-state index is 0.125. The van der Waals surface area contributed by atoms with Crippen molar-refractivity contribution in [3.63, 3.8) is 0 Å². The van der Waals surface area contributed by atoms with Gasteiger partial charge in [-0.2, -0.15) is 0 Å². The van der Waals surface area contributed by atoms with Crippen LogP contribution in [0.15, 0.2) is 24.4 Å². The number of carbonyl (C=O) groups excluding carboxylic acids is 1. The van der Waals surface area contributed by atoms with Gasteiger partial charge in [-0.15, -0.1) is 10.2 Å². The zero-order valence-electron chi connectivity index (χ0n) is 13.1. The molecule has 0 spiro atoms. The van der Waals surface area contributed by atoms with E-state index in [0.717, 1.165) is 30.2 Å². The molecule has 2 amide bonds. The molecule has 0 bridgehead atoms. The van der Waals surface area contributed by atoms with E-state index in [4.69, 9.17) is 0 Å². The van der Waals surface area contributed by atoms with Crippen LogP contribution in [0.2, 0.25) is 0 Å². The molecule has 0 aliphatic heterocycles. The van der Waals surface area contributed by atoms with Gasteiger partial charge in [0.15, 0.2) is 11.5 Å². The molecular weight excluding hydrogens is 278 g/mol. The summed E-state index contributed by atoms with van der Waals surface area (Å²) in [7, 11) is 0. The fourth-order valence-corrected chi connectivity index (χ4v) is 3.05. The number of amides is 2. The van der Waals surface area contributed by atoms with Crippen molar-refractivity contribution in [1.29, 1.82) is 0 Å². The Morgan fingerprint density at radius 1 is 1.27 bits per heavy atom. The summed E-state index contributed by atoms with van der Waals surface area (Å²) in [5.74, 6) is 1.52. The predicted octanol–water partition coefficient (Wildman–Crippen LogP) is 2.67. The van der Waals surface area contributed by atoms with Gasteiger partial charge in [0.2, 0.25) is 0 Å². The number of hydrogen-bond acceptors (Lipinski definition) is 3. The maximum Gasteiger partial charge on any atom is 0.315 e. The van der Waals surface area contributed by atoms with Crippen molar-refractivity contribution in [3.8, 4) is 0 Å². The van der Waals surface area contributed by atoms with Crippen molar-refractivity contribution in [1.82, 2.24) is 25.2 Å². The van der Waals surface area contributed by atoms with Gasteiger partial charge >= 0.3 is 6.03 Å². The fourth-order valence-electron chi connectivity index (χ4n) is 3.05. The predicted molar refractivity (Wildman–Crippen MR) is 84.5 cm³/mol. The topological polar surface area (TPSA) is 71.3 Å². The van der Waals surface area contributed by atoms with E-state index < -0.39 is 0 Å². The molecule has 118 valence electrons. The van der Waals surface area contributed by atoms with E-state index in [1.54, 1.807) is 0 Å². The van der Waals surface area contributed by atoms with Crippen LogP contribution >= 0.6 is 0 Å². The maximum absolute atomic E-state index is 12.2. The van der Waals surface area contributed by atoms with Gasteiger partial charge in [-0.05, 0) is 50.7 Å². The van der Waals surface area contributed by atoms with Crippen molar-refractivity contribution in [2.45, 2.75) is 51.6 Å². The summed E-state index contributed by atoms with van der Waals surface area (Å²) in [4.78, 5) is 12.2. The summed E-state index contributed by atoms with van der Waals surface area (Å²) in [5, 5.41) is 14.3. The second-order valence-electron chi connectivity index (χ2n) is 6.28. The Bertz CT molecular complexity index is 645. The molecular formula is C16H23N5O. The molecule has 2 heterocycles. The first-order chi connectivity index (χ1) is 10.6. The Hall–Kier alpha value is -2.11. The summed E-state index contributed by atoms with van der Waals surface area (Å²) in [5.41, 5.74) is 0.785. The molecule has 1 fully saturated rings. The molecule has 2 aromatic heterocycles. The molecule has 0 saturated heterocycles. The minimum atomic E-state index is -0.195. The van der Waals surface area contributed by atoms with Gasteiger partial charge < -0.3 is 10.6 Å². The molecule has 6 heteroatoms. The first-order valence-electron chi connectivity index (χ1n) is 8.00. The first-order valence-corrected chi connectivity index (χ1v) is 8.00. The van der Waals surface area contributed by atoms with Crippen LogP contribution in [0.25, 0.3) is 5.65 Å². The second-order valence-corrected chi connectivity index (χ2v) is 6.28. The summed E-state index contributed by atoms with van der Waals surface area (Å²) >= 11 is 0. The molecule has 1 aliphatic carbocycles. The van der Waals surface area contributed by atoms with Crippen LogP contribution < -0.4 is 10.6 Å². The molecule has 0 unspecified atom stereocenters. The van der Waals surface area contributed by atoms with E-state index in [9.17, 15) is 4.79 Å². The van der Waals surface area contributed by atoms with Crippen LogP contribution in [0.4, 0.5) is 4.79 Å². The first kappa shape index (κ1) is 14.8. The fraction of sp³-hybridized carbons (Fsp3) is 0.562. The van der Waals surface area contributed by atoms with Crippen LogP contribution in [0, 0.1) is 5.92 Å². The number of aromatic nitrogens is 3. The van der Waals surface area contributed by atoms with Crippen molar-refractivity contribution >= 4 is 11.7 Å². The number of rotatable bonds is 3. The smallest absolute Gasteiger partial charge is 0.315 e. The molecule has 0 aromatic carbocycles. The summed E-state index contributed by atoms with van der Waals surface area (Å²) in [6, 6.07) is 5.71. The molecule has 6 nitrogen and oxygen atoms in total.